The summed E-state index contributed by atoms with van der Waals surface area (Å²) in [5.74, 6) is -2.51. The van der Waals surface area contributed by atoms with E-state index in [0.717, 1.165) is 10.5 Å². The molecule has 0 spiro atoms. The molecule has 1 saturated heterocycles. The van der Waals surface area contributed by atoms with Gasteiger partial charge in [0.05, 0.1) is 29.7 Å². The van der Waals surface area contributed by atoms with Crippen molar-refractivity contribution in [1.29, 1.82) is 0 Å². The molecule has 4 heterocycles. The van der Waals surface area contributed by atoms with Gasteiger partial charge in [0, 0.05) is 16.9 Å². The molecule has 2 aliphatic heterocycles. The molecule has 4 atom stereocenters. The molecule has 2 aromatic heterocycles. The van der Waals surface area contributed by atoms with Crippen LogP contribution < -0.4 is 9.51 Å². The Morgan fingerprint density at radius 3 is 2.85 bits per heavy atom. The Morgan fingerprint density at radius 2 is 2.23 bits per heavy atom. The van der Waals surface area contributed by atoms with Crippen LogP contribution in [0.2, 0.25) is 0 Å². The standard InChI is InChI=1S/C17H19N3O5S/c1-8-11(3-18-4-12-19(7-18)10(5-21)6-26-12)15(17(24)25)20-14(8)13(9(2)22)16(20)23/h4,6-9,13-14,21-22H,3,5H2,1-2H3/t8-,9+,13+,14+/m0/s1. The summed E-state index contributed by atoms with van der Waals surface area (Å²) in [7, 11) is 0. The van der Waals surface area contributed by atoms with Crippen molar-refractivity contribution >= 4 is 28.0 Å². The molecule has 2 N–H and O–H groups in total. The molecule has 8 nitrogen and oxygen atoms in total. The quantitative estimate of drug-likeness (QED) is 0.494. The number of hydrogen-bond acceptors (Lipinski definition) is 6. The molecule has 1 fully saturated rings. The van der Waals surface area contributed by atoms with Gasteiger partial charge in [-0.3, -0.25) is 4.79 Å². The molecule has 2 aliphatic rings. The van der Waals surface area contributed by atoms with Gasteiger partial charge in [-0.05, 0) is 6.92 Å². The second-order valence-corrected chi connectivity index (χ2v) is 7.82. The van der Waals surface area contributed by atoms with E-state index in [1.165, 1.54) is 16.2 Å². The minimum Gasteiger partial charge on any atom is -0.543 e. The van der Waals surface area contributed by atoms with Gasteiger partial charge in [0.1, 0.15) is 25.0 Å². The fourth-order valence-corrected chi connectivity index (χ4v) is 5.09. The number of fused-ring (bicyclic) bond motifs is 2. The highest BCUT2D eigenvalue weighted by atomic mass is 32.1. The molecule has 26 heavy (non-hydrogen) atoms. The number of imidazole rings is 1. The number of aliphatic hydroxyl groups is 2. The van der Waals surface area contributed by atoms with Crippen LogP contribution in [0, 0.1) is 11.8 Å². The van der Waals surface area contributed by atoms with Crippen LogP contribution in [0.15, 0.2) is 29.2 Å². The predicted octanol–water partition coefficient (Wildman–Crippen LogP) is -1.36. The van der Waals surface area contributed by atoms with Gasteiger partial charge in [-0.25, -0.2) is 4.57 Å². The van der Waals surface area contributed by atoms with Crippen molar-refractivity contribution in [1.82, 2.24) is 9.47 Å². The lowest BCUT2D eigenvalue weighted by Crippen LogP contribution is -2.64. The summed E-state index contributed by atoms with van der Waals surface area (Å²) in [5.41, 5.74) is 1.29. The fraction of sp³-hybridized carbons (Fsp3) is 0.471. The Bertz CT molecular complexity index is 943. The van der Waals surface area contributed by atoms with Crippen LogP contribution in [0.25, 0.3) is 4.83 Å². The van der Waals surface area contributed by atoms with Crippen molar-refractivity contribution in [3.8, 4) is 0 Å². The number of nitrogens with zero attached hydrogens (tertiary/aromatic N) is 3. The molecular formula is C17H19N3O5S. The summed E-state index contributed by atoms with van der Waals surface area (Å²) in [4.78, 5) is 26.2. The predicted molar refractivity (Wildman–Crippen MR) is 88.4 cm³/mol. The molecular weight excluding hydrogens is 358 g/mol. The number of thiazole rings is 1. The number of carboxylic acid groups (broad SMARTS) is 1. The van der Waals surface area contributed by atoms with Crippen molar-refractivity contribution < 1.29 is 29.3 Å². The largest absolute Gasteiger partial charge is 0.543 e. The van der Waals surface area contributed by atoms with Gasteiger partial charge in [-0.1, -0.05) is 18.3 Å². The number of carbonyl (C=O) groups excluding carboxylic acids is 2. The summed E-state index contributed by atoms with van der Waals surface area (Å²) in [6, 6.07) is -0.345. The highest BCUT2D eigenvalue weighted by molar-refractivity contribution is 7.15. The Hall–Kier alpha value is -2.23. The molecule has 0 aliphatic carbocycles. The monoisotopic (exact) mass is 377 g/mol. The lowest BCUT2D eigenvalue weighted by Gasteiger charge is -2.47. The van der Waals surface area contributed by atoms with Gasteiger partial charge >= 0.3 is 0 Å². The second kappa shape index (κ2) is 5.90. The molecule has 1 amide bonds. The lowest BCUT2D eigenvalue weighted by molar-refractivity contribution is -0.520. The molecule has 0 saturated carbocycles. The molecule has 0 radical (unpaired) electrons. The van der Waals surface area contributed by atoms with E-state index in [-0.39, 0.29) is 30.2 Å². The van der Waals surface area contributed by atoms with Gasteiger partial charge in [0.15, 0.2) is 0 Å². The van der Waals surface area contributed by atoms with E-state index in [0.29, 0.717) is 12.1 Å². The summed E-state index contributed by atoms with van der Waals surface area (Å²) in [5, 5.41) is 32.8. The van der Waals surface area contributed by atoms with Crippen LogP contribution in [0.4, 0.5) is 0 Å². The highest BCUT2D eigenvalue weighted by Gasteiger charge is 2.58. The normalized spacial score (nSPS) is 26.4. The van der Waals surface area contributed by atoms with Crippen LogP contribution in [-0.4, -0.2) is 43.7 Å². The first kappa shape index (κ1) is 17.2. The molecule has 138 valence electrons. The molecule has 9 heteroatoms. The van der Waals surface area contributed by atoms with E-state index in [2.05, 4.69) is 0 Å². The maximum Gasteiger partial charge on any atom is 0.250 e. The zero-order valence-electron chi connectivity index (χ0n) is 14.3. The first-order valence-corrected chi connectivity index (χ1v) is 9.27. The van der Waals surface area contributed by atoms with Gasteiger partial charge in [0.2, 0.25) is 17.1 Å². The zero-order chi connectivity index (χ0) is 18.7. The van der Waals surface area contributed by atoms with Crippen LogP contribution in [0.1, 0.15) is 19.5 Å². The number of aromatic nitrogens is 2. The number of aliphatic carboxylic acids is 1. The first-order valence-electron chi connectivity index (χ1n) is 8.39. The van der Waals surface area contributed by atoms with E-state index in [1.807, 2.05) is 27.5 Å². The Labute approximate surface area is 153 Å². The number of aliphatic hydroxyl groups excluding tert-OH is 2. The molecule has 2 aromatic rings. The van der Waals surface area contributed by atoms with E-state index in [4.69, 9.17) is 0 Å². The molecule has 0 aromatic carbocycles. The van der Waals surface area contributed by atoms with E-state index >= 15 is 0 Å². The van der Waals surface area contributed by atoms with E-state index < -0.39 is 18.0 Å². The average molecular weight is 377 g/mol. The van der Waals surface area contributed by atoms with Gasteiger partial charge in [0.25, 0.3) is 0 Å². The van der Waals surface area contributed by atoms with Crippen molar-refractivity contribution in [3.05, 3.63) is 34.9 Å². The van der Waals surface area contributed by atoms with Crippen LogP contribution in [0.5, 0.6) is 0 Å². The minimum absolute atomic E-state index is 0.0752. The smallest absolute Gasteiger partial charge is 0.250 e. The second-order valence-electron chi connectivity index (χ2n) is 6.93. The van der Waals surface area contributed by atoms with Crippen LogP contribution >= 0.6 is 11.3 Å². The minimum atomic E-state index is -1.37. The molecule has 4 rings (SSSR count). The fourth-order valence-electron chi connectivity index (χ4n) is 4.17. The maximum absolute atomic E-state index is 12.3. The lowest BCUT2D eigenvalue weighted by atomic mass is 9.78. The van der Waals surface area contributed by atoms with Crippen molar-refractivity contribution in [3.63, 3.8) is 0 Å². The molecule has 0 unspecified atom stereocenters. The first-order chi connectivity index (χ1) is 12.3. The van der Waals surface area contributed by atoms with Crippen molar-refractivity contribution in [2.45, 2.75) is 39.1 Å². The van der Waals surface area contributed by atoms with Crippen molar-refractivity contribution in [2.24, 2.45) is 11.8 Å². The third kappa shape index (κ3) is 2.24. The third-order valence-corrected chi connectivity index (χ3v) is 6.36. The molecule has 0 bridgehead atoms. The zero-order valence-corrected chi connectivity index (χ0v) is 15.1. The maximum atomic E-state index is 12.3. The van der Waals surface area contributed by atoms with E-state index in [1.54, 1.807) is 13.3 Å². The Kier molecular flexibility index (Phi) is 3.90. The summed E-state index contributed by atoms with van der Waals surface area (Å²) >= 11 is 1.48. The average Bonchev–Trinajstić information content (AvgIpc) is 3.19. The summed E-state index contributed by atoms with van der Waals surface area (Å²) < 4.78 is 3.69. The number of β-lactam (4-membered cyclic amide) rings is 1. The third-order valence-electron chi connectivity index (χ3n) is 5.43. The number of carboxylic acids is 1. The topological polar surface area (TPSA) is 110 Å². The summed E-state index contributed by atoms with van der Waals surface area (Å²) in [6.07, 6.45) is 2.85. The number of rotatable bonds is 5. The van der Waals surface area contributed by atoms with Gasteiger partial charge < -0.3 is 25.0 Å². The van der Waals surface area contributed by atoms with Crippen LogP contribution in [-0.2, 0) is 22.7 Å². The van der Waals surface area contributed by atoms with Crippen LogP contribution in [0.3, 0.4) is 0 Å². The highest BCUT2D eigenvalue weighted by Crippen LogP contribution is 2.47. The Morgan fingerprint density at radius 1 is 1.50 bits per heavy atom. The Balaban J connectivity index is 1.70. The number of hydrogen-bond donors (Lipinski definition) is 2. The van der Waals surface area contributed by atoms with Gasteiger partial charge in [-0.15, -0.1) is 0 Å². The summed E-state index contributed by atoms with van der Waals surface area (Å²) in [6.45, 7) is 3.65. The van der Waals surface area contributed by atoms with Crippen molar-refractivity contribution in [2.75, 3.05) is 0 Å². The number of carbonyl (C=O) groups is 2. The van der Waals surface area contributed by atoms with Gasteiger partial charge in [-0.2, -0.15) is 4.40 Å². The van der Waals surface area contributed by atoms with E-state index in [9.17, 15) is 24.9 Å². The number of amides is 1. The SMILES string of the molecule is C[C@@H](O)[C@H]1C(=O)N2C(C(=O)[O-])=C(Cn3cc4scc(CO)[n+]4c3)[C@H](C)[C@H]12.